The molecule has 0 radical (unpaired) electrons. The summed E-state index contributed by atoms with van der Waals surface area (Å²) in [4.78, 5) is 5.13. The molecule has 1 aromatic heterocycles. The summed E-state index contributed by atoms with van der Waals surface area (Å²) < 4.78 is 26.7. The van der Waals surface area contributed by atoms with Crippen LogP contribution in [0, 0.1) is 0 Å². The summed E-state index contributed by atoms with van der Waals surface area (Å²) in [6.45, 7) is 0.913. The minimum Gasteiger partial charge on any atom is -0.390 e. The lowest BCUT2D eigenvalue weighted by Crippen LogP contribution is -2.37. The summed E-state index contributed by atoms with van der Waals surface area (Å²) in [6.07, 6.45) is 6.36. The first-order valence-electron chi connectivity index (χ1n) is 7.01. The smallest absolute Gasteiger partial charge is 0.242 e. The maximum absolute atomic E-state index is 12.0. The van der Waals surface area contributed by atoms with Crippen molar-refractivity contribution >= 4 is 10.0 Å². The van der Waals surface area contributed by atoms with Crippen LogP contribution in [0.3, 0.4) is 0 Å². The Balaban J connectivity index is 1.83. The number of likely N-dealkylation sites (N-methyl/N-ethyl adjacent to an activating group) is 1. The predicted molar refractivity (Wildman–Crippen MR) is 76.8 cm³/mol. The van der Waals surface area contributed by atoms with Gasteiger partial charge in [-0.2, -0.15) is 0 Å². The largest absolute Gasteiger partial charge is 0.390 e. The number of rotatable bonds is 7. The summed E-state index contributed by atoms with van der Waals surface area (Å²) >= 11 is 0. The molecular weight excluding hydrogens is 278 g/mol. The Bertz CT molecular complexity index is 521. The Labute approximate surface area is 120 Å². The first kappa shape index (κ1) is 15.5. The second-order valence-corrected chi connectivity index (χ2v) is 7.10. The van der Waals surface area contributed by atoms with E-state index in [0.717, 1.165) is 0 Å². The van der Waals surface area contributed by atoms with Crippen molar-refractivity contribution in [1.82, 2.24) is 14.6 Å². The molecule has 0 bridgehead atoms. The molecule has 3 N–H and O–H groups in total. The number of aliphatic hydroxyl groups excluding tert-OH is 1. The third-order valence-corrected chi connectivity index (χ3v) is 5.34. The predicted octanol–water partition coefficient (Wildman–Crippen LogP) is 0.660. The average molecular weight is 301 g/mol. The Morgan fingerprint density at radius 3 is 2.75 bits per heavy atom. The highest BCUT2D eigenvalue weighted by Gasteiger charge is 2.20. The van der Waals surface area contributed by atoms with Gasteiger partial charge in [0, 0.05) is 31.0 Å². The summed E-state index contributed by atoms with van der Waals surface area (Å²) in [7, 11) is -1.44. The number of hydrogen-bond donors (Lipinski definition) is 3. The number of aromatic nitrogens is 1. The average Bonchev–Trinajstić information content (AvgIpc) is 3.10. The molecule has 1 aromatic rings. The van der Waals surface area contributed by atoms with Gasteiger partial charge in [-0.25, -0.2) is 13.1 Å². The molecule has 0 spiro atoms. The fraction of sp³-hybridized carbons (Fsp3) is 0.692. The van der Waals surface area contributed by atoms with Gasteiger partial charge >= 0.3 is 0 Å². The first-order valence-corrected chi connectivity index (χ1v) is 8.49. The number of hydrogen-bond acceptors (Lipinski definition) is 4. The van der Waals surface area contributed by atoms with E-state index in [-0.39, 0.29) is 11.5 Å². The highest BCUT2D eigenvalue weighted by molar-refractivity contribution is 7.89. The van der Waals surface area contributed by atoms with E-state index in [1.54, 1.807) is 0 Å². The van der Waals surface area contributed by atoms with Crippen LogP contribution in [0.1, 0.15) is 31.4 Å². The normalized spacial score (nSPS) is 17.1. The molecule has 0 atom stereocenters. The van der Waals surface area contributed by atoms with E-state index < -0.39 is 10.0 Å². The van der Waals surface area contributed by atoms with Crippen molar-refractivity contribution in [2.75, 3.05) is 20.1 Å². The van der Waals surface area contributed by atoms with Crippen LogP contribution in [0.4, 0.5) is 0 Å². The zero-order valence-electron chi connectivity index (χ0n) is 11.8. The summed E-state index contributed by atoms with van der Waals surface area (Å²) in [5, 5.41) is 8.93. The van der Waals surface area contributed by atoms with Crippen LogP contribution in [0.15, 0.2) is 17.2 Å². The van der Waals surface area contributed by atoms with Gasteiger partial charge in [0.1, 0.15) is 0 Å². The molecular formula is C13H23N3O3S. The minimum absolute atomic E-state index is 0.171. The number of aliphatic hydroxyl groups is 1. The number of sulfonamides is 1. The maximum Gasteiger partial charge on any atom is 0.242 e. The van der Waals surface area contributed by atoms with Gasteiger partial charge in [-0.05, 0) is 26.0 Å². The third kappa shape index (κ3) is 3.82. The van der Waals surface area contributed by atoms with Gasteiger partial charge < -0.3 is 15.0 Å². The molecule has 1 fully saturated rings. The Hall–Kier alpha value is -0.890. The van der Waals surface area contributed by atoms with Crippen LogP contribution in [0.2, 0.25) is 0 Å². The van der Waals surface area contributed by atoms with E-state index in [0.29, 0.717) is 24.8 Å². The Kier molecular flexibility index (Phi) is 5.20. The molecule has 2 rings (SSSR count). The van der Waals surface area contributed by atoms with E-state index in [4.69, 9.17) is 5.11 Å². The van der Waals surface area contributed by atoms with Crippen LogP contribution < -0.4 is 4.72 Å². The quantitative estimate of drug-likeness (QED) is 0.690. The fourth-order valence-electron chi connectivity index (χ4n) is 2.63. The number of nitrogens with one attached hydrogen (secondary N) is 2. The van der Waals surface area contributed by atoms with Crippen molar-refractivity contribution in [3.8, 4) is 0 Å². The SMILES string of the molecule is CN(CCNS(=O)(=O)c1c[nH]c(CO)c1)C1CCCC1. The van der Waals surface area contributed by atoms with Gasteiger partial charge in [0.15, 0.2) is 0 Å². The lowest BCUT2D eigenvalue weighted by molar-refractivity contribution is 0.250. The molecule has 7 heteroatoms. The molecule has 1 aliphatic carbocycles. The molecule has 114 valence electrons. The number of H-pyrrole nitrogens is 1. The Morgan fingerprint density at radius 1 is 1.45 bits per heavy atom. The summed E-state index contributed by atoms with van der Waals surface area (Å²) in [6, 6.07) is 2.04. The van der Waals surface area contributed by atoms with E-state index in [2.05, 4.69) is 14.6 Å². The summed E-state index contributed by atoms with van der Waals surface area (Å²) in [5.41, 5.74) is 0.494. The van der Waals surface area contributed by atoms with E-state index in [1.165, 1.54) is 37.9 Å². The second kappa shape index (κ2) is 6.71. The summed E-state index contributed by atoms with van der Waals surface area (Å²) in [5.74, 6) is 0. The molecule has 0 saturated heterocycles. The molecule has 0 aromatic carbocycles. The molecule has 1 heterocycles. The van der Waals surface area contributed by atoms with E-state index in [1.807, 2.05) is 7.05 Å². The molecule has 1 saturated carbocycles. The molecule has 0 amide bonds. The van der Waals surface area contributed by atoms with Crippen molar-refractivity contribution in [3.63, 3.8) is 0 Å². The molecule has 0 unspecified atom stereocenters. The number of nitrogens with zero attached hydrogens (tertiary/aromatic N) is 1. The van der Waals surface area contributed by atoms with Crippen molar-refractivity contribution in [1.29, 1.82) is 0 Å². The van der Waals surface area contributed by atoms with E-state index in [9.17, 15) is 8.42 Å². The van der Waals surface area contributed by atoms with Crippen LogP contribution in [0.25, 0.3) is 0 Å². The lowest BCUT2D eigenvalue weighted by atomic mass is 10.2. The highest BCUT2D eigenvalue weighted by Crippen LogP contribution is 2.21. The standard InChI is InChI=1S/C13H23N3O3S/c1-16(12-4-2-3-5-12)7-6-15-20(18,19)13-8-11(10-17)14-9-13/h8-9,12,14-15,17H,2-7,10H2,1H3. The molecule has 6 nitrogen and oxygen atoms in total. The second-order valence-electron chi connectivity index (χ2n) is 5.34. The van der Waals surface area contributed by atoms with Crippen molar-refractivity contribution < 1.29 is 13.5 Å². The van der Waals surface area contributed by atoms with Gasteiger partial charge in [0.25, 0.3) is 0 Å². The minimum atomic E-state index is -3.49. The van der Waals surface area contributed by atoms with Crippen LogP contribution in [-0.4, -0.2) is 49.6 Å². The van der Waals surface area contributed by atoms with Gasteiger partial charge in [-0.15, -0.1) is 0 Å². The Morgan fingerprint density at radius 2 is 2.15 bits per heavy atom. The highest BCUT2D eigenvalue weighted by atomic mass is 32.2. The lowest BCUT2D eigenvalue weighted by Gasteiger charge is -2.23. The molecule has 0 aliphatic heterocycles. The number of aromatic amines is 1. The van der Waals surface area contributed by atoms with Crippen LogP contribution in [-0.2, 0) is 16.6 Å². The van der Waals surface area contributed by atoms with Gasteiger partial charge in [0.2, 0.25) is 10.0 Å². The zero-order chi connectivity index (χ0) is 14.6. The third-order valence-electron chi connectivity index (χ3n) is 3.90. The first-order chi connectivity index (χ1) is 9.53. The maximum atomic E-state index is 12.0. The monoisotopic (exact) mass is 301 g/mol. The van der Waals surface area contributed by atoms with Crippen LogP contribution >= 0.6 is 0 Å². The topological polar surface area (TPSA) is 85.4 Å². The van der Waals surface area contributed by atoms with Crippen LogP contribution in [0.5, 0.6) is 0 Å². The fourth-order valence-corrected chi connectivity index (χ4v) is 3.67. The molecule has 20 heavy (non-hydrogen) atoms. The zero-order valence-corrected chi connectivity index (χ0v) is 12.6. The van der Waals surface area contributed by atoms with Crippen molar-refractivity contribution in [2.45, 2.75) is 43.2 Å². The van der Waals surface area contributed by atoms with Gasteiger partial charge in [0.05, 0.1) is 11.5 Å². The van der Waals surface area contributed by atoms with Gasteiger partial charge in [-0.1, -0.05) is 12.8 Å². The molecule has 1 aliphatic rings. The van der Waals surface area contributed by atoms with Crippen molar-refractivity contribution in [3.05, 3.63) is 18.0 Å². The van der Waals surface area contributed by atoms with Crippen molar-refractivity contribution in [2.24, 2.45) is 0 Å². The van der Waals surface area contributed by atoms with Gasteiger partial charge in [-0.3, -0.25) is 0 Å². The van der Waals surface area contributed by atoms with E-state index >= 15 is 0 Å².